The van der Waals surface area contributed by atoms with Crippen molar-refractivity contribution in [2.45, 2.75) is 6.92 Å². The number of hydrogen-bond acceptors (Lipinski definition) is 3. The molecule has 3 aromatic rings. The highest BCUT2D eigenvalue weighted by Gasteiger charge is 2.10. The molecule has 1 amide bonds. The number of rotatable bonds is 2. The Labute approximate surface area is 120 Å². The average Bonchev–Trinajstić information content (AvgIpc) is 2.49. The number of carbonyl (C=O) groups excluding carboxylic acids is 1. The molecule has 2 heterocycles. The standard InChI is InChI=1S/C16H12FN3O/c1-10-7-15(13-8-12(17)4-5-14(13)19-10)20-16(21)11-3-2-6-18-9-11/h2-9H,1H3,(H,19,20,21). The molecule has 0 saturated carbocycles. The van der Waals surface area contributed by atoms with Crippen LogP contribution >= 0.6 is 0 Å². The van der Waals surface area contributed by atoms with Gasteiger partial charge in [0.05, 0.1) is 16.8 Å². The van der Waals surface area contributed by atoms with Gasteiger partial charge in [-0.2, -0.15) is 0 Å². The smallest absolute Gasteiger partial charge is 0.257 e. The van der Waals surface area contributed by atoms with Gasteiger partial charge in [0.2, 0.25) is 0 Å². The van der Waals surface area contributed by atoms with Crippen LogP contribution in [0.25, 0.3) is 10.9 Å². The molecule has 0 aliphatic heterocycles. The zero-order valence-electron chi connectivity index (χ0n) is 11.3. The van der Waals surface area contributed by atoms with E-state index in [0.717, 1.165) is 5.69 Å². The van der Waals surface area contributed by atoms with E-state index in [4.69, 9.17) is 0 Å². The number of aryl methyl sites for hydroxylation is 1. The topological polar surface area (TPSA) is 54.9 Å². The van der Waals surface area contributed by atoms with Crippen molar-refractivity contribution in [3.8, 4) is 0 Å². The van der Waals surface area contributed by atoms with Gasteiger partial charge >= 0.3 is 0 Å². The predicted octanol–water partition coefficient (Wildman–Crippen LogP) is 3.33. The van der Waals surface area contributed by atoms with E-state index in [1.165, 1.54) is 18.3 Å². The molecular formula is C16H12FN3O. The van der Waals surface area contributed by atoms with Crippen molar-refractivity contribution in [3.63, 3.8) is 0 Å². The summed E-state index contributed by atoms with van der Waals surface area (Å²) >= 11 is 0. The highest BCUT2D eigenvalue weighted by atomic mass is 19.1. The number of pyridine rings is 2. The van der Waals surface area contributed by atoms with Crippen LogP contribution in [0.1, 0.15) is 16.1 Å². The van der Waals surface area contributed by atoms with Gasteiger partial charge < -0.3 is 5.32 Å². The van der Waals surface area contributed by atoms with E-state index >= 15 is 0 Å². The summed E-state index contributed by atoms with van der Waals surface area (Å²) in [5, 5.41) is 3.35. The van der Waals surface area contributed by atoms with Crippen LogP contribution in [0.2, 0.25) is 0 Å². The maximum atomic E-state index is 13.4. The Balaban J connectivity index is 2.04. The van der Waals surface area contributed by atoms with Crippen LogP contribution in [0.15, 0.2) is 48.8 Å². The minimum Gasteiger partial charge on any atom is -0.321 e. The molecule has 0 radical (unpaired) electrons. The van der Waals surface area contributed by atoms with E-state index in [-0.39, 0.29) is 11.7 Å². The minimum absolute atomic E-state index is 0.292. The van der Waals surface area contributed by atoms with Gasteiger partial charge in [0.1, 0.15) is 5.82 Å². The van der Waals surface area contributed by atoms with Crippen molar-refractivity contribution in [1.29, 1.82) is 0 Å². The van der Waals surface area contributed by atoms with Crippen LogP contribution in [0.4, 0.5) is 10.1 Å². The van der Waals surface area contributed by atoms with E-state index in [2.05, 4.69) is 15.3 Å². The lowest BCUT2D eigenvalue weighted by Crippen LogP contribution is -2.12. The van der Waals surface area contributed by atoms with Gasteiger partial charge in [-0.3, -0.25) is 14.8 Å². The third kappa shape index (κ3) is 2.72. The number of halogens is 1. The van der Waals surface area contributed by atoms with Gasteiger partial charge in [0.15, 0.2) is 0 Å². The van der Waals surface area contributed by atoms with E-state index < -0.39 is 0 Å². The Morgan fingerprint density at radius 2 is 2.10 bits per heavy atom. The monoisotopic (exact) mass is 281 g/mol. The number of nitrogens with one attached hydrogen (secondary N) is 1. The first-order valence-corrected chi connectivity index (χ1v) is 6.42. The van der Waals surface area contributed by atoms with Gasteiger partial charge in [0, 0.05) is 23.5 Å². The maximum Gasteiger partial charge on any atom is 0.257 e. The van der Waals surface area contributed by atoms with Gasteiger partial charge in [-0.1, -0.05) is 0 Å². The predicted molar refractivity (Wildman–Crippen MR) is 78.6 cm³/mol. The summed E-state index contributed by atoms with van der Waals surface area (Å²) < 4.78 is 13.4. The number of anilines is 1. The molecular weight excluding hydrogens is 269 g/mol. The summed E-state index contributed by atoms with van der Waals surface area (Å²) in [4.78, 5) is 20.4. The summed E-state index contributed by atoms with van der Waals surface area (Å²) in [6.07, 6.45) is 3.07. The molecule has 2 aromatic heterocycles. The van der Waals surface area contributed by atoms with Crippen molar-refractivity contribution in [2.75, 3.05) is 5.32 Å². The molecule has 0 aliphatic rings. The number of aromatic nitrogens is 2. The first kappa shape index (κ1) is 13.2. The van der Waals surface area contributed by atoms with Crippen molar-refractivity contribution in [3.05, 3.63) is 65.9 Å². The van der Waals surface area contributed by atoms with Crippen molar-refractivity contribution < 1.29 is 9.18 Å². The summed E-state index contributed by atoms with van der Waals surface area (Å²) in [6, 6.07) is 9.37. The zero-order valence-corrected chi connectivity index (χ0v) is 11.3. The normalized spacial score (nSPS) is 10.6. The third-order valence-corrected chi connectivity index (χ3v) is 3.07. The molecule has 21 heavy (non-hydrogen) atoms. The lowest BCUT2D eigenvalue weighted by Gasteiger charge is -2.10. The second-order valence-electron chi connectivity index (χ2n) is 4.67. The SMILES string of the molecule is Cc1cc(NC(=O)c2cccnc2)c2cc(F)ccc2n1. The number of hydrogen-bond donors (Lipinski definition) is 1. The first-order valence-electron chi connectivity index (χ1n) is 6.42. The highest BCUT2D eigenvalue weighted by molar-refractivity contribution is 6.08. The molecule has 0 fully saturated rings. The van der Waals surface area contributed by atoms with Crippen LogP contribution in [-0.4, -0.2) is 15.9 Å². The Morgan fingerprint density at radius 1 is 1.24 bits per heavy atom. The van der Waals surface area contributed by atoms with E-state index in [0.29, 0.717) is 22.2 Å². The molecule has 0 atom stereocenters. The molecule has 0 spiro atoms. The van der Waals surface area contributed by atoms with Crippen LogP contribution in [0.3, 0.4) is 0 Å². The van der Waals surface area contributed by atoms with Crippen LogP contribution in [-0.2, 0) is 0 Å². The second-order valence-corrected chi connectivity index (χ2v) is 4.67. The molecule has 104 valence electrons. The third-order valence-electron chi connectivity index (χ3n) is 3.07. The Bertz CT molecular complexity index is 818. The highest BCUT2D eigenvalue weighted by Crippen LogP contribution is 2.24. The quantitative estimate of drug-likeness (QED) is 0.784. The number of amides is 1. The van der Waals surface area contributed by atoms with Crippen molar-refractivity contribution >= 4 is 22.5 Å². The van der Waals surface area contributed by atoms with Crippen LogP contribution < -0.4 is 5.32 Å². The van der Waals surface area contributed by atoms with Gasteiger partial charge in [-0.05, 0) is 43.3 Å². The van der Waals surface area contributed by atoms with E-state index in [9.17, 15) is 9.18 Å². The van der Waals surface area contributed by atoms with Crippen molar-refractivity contribution in [1.82, 2.24) is 9.97 Å². The van der Waals surface area contributed by atoms with E-state index in [1.807, 2.05) is 6.92 Å². The fraction of sp³-hybridized carbons (Fsp3) is 0.0625. The van der Waals surface area contributed by atoms with Gasteiger partial charge in [-0.15, -0.1) is 0 Å². The Kier molecular flexibility index (Phi) is 3.31. The van der Waals surface area contributed by atoms with Gasteiger partial charge in [-0.25, -0.2) is 4.39 Å². The fourth-order valence-corrected chi connectivity index (χ4v) is 2.13. The first-order chi connectivity index (χ1) is 10.1. The number of nitrogens with zero attached hydrogens (tertiary/aromatic N) is 2. The number of carbonyl (C=O) groups is 1. The molecule has 0 unspecified atom stereocenters. The zero-order chi connectivity index (χ0) is 14.8. The summed E-state index contributed by atoms with van der Waals surface area (Å²) in [7, 11) is 0. The fourth-order valence-electron chi connectivity index (χ4n) is 2.13. The Morgan fingerprint density at radius 3 is 2.86 bits per heavy atom. The van der Waals surface area contributed by atoms with E-state index in [1.54, 1.807) is 30.5 Å². The molecule has 0 aliphatic carbocycles. The Hall–Kier alpha value is -2.82. The van der Waals surface area contributed by atoms with Gasteiger partial charge in [0.25, 0.3) is 5.91 Å². The molecule has 3 rings (SSSR count). The number of benzene rings is 1. The minimum atomic E-state index is -0.370. The molecule has 1 N–H and O–H groups in total. The molecule has 4 nitrogen and oxygen atoms in total. The summed E-state index contributed by atoms with van der Waals surface area (Å²) in [6.45, 7) is 1.82. The average molecular weight is 281 g/mol. The van der Waals surface area contributed by atoms with Crippen LogP contribution in [0.5, 0.6) is 0 Å². The lowest BCUT2D eigenvalue weighted by molar-refractivity contribution is 0.102. The molecule has 5 heteroatoms. The number of fused-ring (bicyclic) bond motifs is 1. The molecule has 1 aromatic carbocycles. The van der Waals surface area contributed by atoms with Crippen molar-refractivity contribution in [2.24, 2.45) is 0 Å². The maximum absolute atomic E-state index is 13.4. The lowest BCUT2D eigenvalue weighted by atomic mass is 10.1. The second kappa shape index (κ2) is 5.28. The largest absolute Gasteiger partial charge is 0.321 e. The summed E-state index contributed by atoms with van der Waals surface area (Å²) in [5.41, 5.74) is 2.36. The summed E-state index contributed by atoms with van der Waals surface area (Å²) in [5.74, 6) is -0.663. The molecule has 0 bridgehead atoms. The molecule has 0 saturated heterocycles. The van der Waals surface area contributed by atoms with Crippen LogP contribution in [0, 0.1) is 12.7 Å².